The summed E-state index contributed by atoms with van der Waals surface area (Å²) in [6, 6.07) is 9.96. The van der Waals surface area contributed by atoms with Crippen LogP contribution in [0.25, 0.3) is 21.9 Å². The van der Waals surface area contributed by atoms with Gasteiger partial charge in [0.15, 0.2) is 5.82 Å². The molecule has 0 spiro atoms. The lowest BCUT2D eigenvalue weighted by atomic mass is 10.2. The lowest BCUT2D eigenvalue weighted by Crippen LogP contribution is -2.25. The number of benzene rings is 1. The minimum Gasteiger partial charge on any atom is -0.474 e. The standard InChI is InChI=1S/C21H21N5O2.C2H6/c1-13(2)28-20-15-5-3-4-6-16(15)23-19(24-20)12-25-18-11-22-10-9-17(18)26(21(25)27)14-7-8-14;1-2/h3-6,9-11,13-14H,7-8,12H2,1-2H3;1-2H3. The molecule has 0 aliphatic heterocycles. The highest BCUT2D eigenvalue weighted by atomic mass is 16.5. The molecule has 3 heterocycles. The van der Waals surface area contributed by atoms with Gasteiger partial charge >= 0.3 is 5.69 Å². The number of nitrogens with zero attached hydrogens (tertiary/aromatic N) is 5. The molecular weight excluding hydrogens is 378 g/mol. The van der Waals surface area contributed by atoms with E-state index in [1.165, 1.54) is 0 Å². The molecule has 1 saturated carbocycles. The summed E-state index contributed by atoms with van der Waals surface area (Å²) < 4.78 is 9.51. The maximum Gasteiger partial charge on any atom is 0.329 e. The van der Waals surface area contributed by atoms with Gasteiger partial charge in [-0.05, 0) is 44.9 Å². The minimum absolute atomic E-state index is 0.00476. The Bertz CT molecular complexity index is 1240. The second-order valence-corrected chi connectivity index (χ2v) is 7.46. The molecule has 0 unspecified atom stereocenters. The summed E-state index contributed by atoms with van der Waals surface area (Å²) in [5.74, 6) is 1.10. The van der Waals surface area contributed by atoms with E-state index in [1.807, 2.05) is 62.6 Å². The molecule has 0 amide bonds. The maximum atomic E-state index is 13.1. The summed E-state index contributed by atoms with van der Waals surface area (Å²) in [5.41, 5.74) is 2.50. The zero-order valence-electron chi connectivity index (χ0n) is 17.9. The van der Waals surface area contributed by atoms with Crippen LogP contribution in [0.4, 0.5) is 0 Å². The molecule has 1 fully saturated rings. The van der Waals surface area contributed by atoms with Gasteiger partial charge < -0.3 is 4.74 Å². The molecule has 7 heteroatoms. The van der Waals surface area contributed by atoms with Crippen molar-refractivity contribution >= 4 is 21.9 Å². The summed E-state index contributed by atoms with van der Waals surface area (Å²) in [7, 11) is 0. The first-order valence-electron chi connectivity index (χ1n) is 10.6. The zero-order chi connectivity index (χ0) is 21.3. The monoisotopic (exact) mass is 405 g/mol. The number of pyridine rings is 1. The van der Waals surface area contributed by atoms with E-state index in [1.54, 1.807) is 17.0 Å². The van der Waals surface area contributed by atoms with Crippen molar-refractivity contribution in [3.63, 3.8) is 0 Å². The molecule has 1 aliphatic carbocycles. The molecule has 7 nitrogen and oxygen atoms in total. The van der Waals surface area contributed by atoms with Gasteiger partial charge in [0.25, 0.3) is 0 Å². The van der Waals surface area contributed by atoms with Crippen molar-refractivity contribution in [2.24, 2.45) is 0 Å². The fourth-order valence-corrected chi connectivity index (χ4v) is 3.58. The molecule has 4 aromatic rings. The molecule has 5 rings (SSSR count). The van der Waals surface area contributed by atoms with Crippen LogP contribution in [-0.4, -0.2) is 30.2 Å². The van der Waals surface area contributed by atoms with Crippen LogP contribution in [0.2, 0.25) is 0 Å². The molecule has 0 atom stereocenters. The summed E-state index contributed by atoms with van der Waals surface area (Å²) in [4.78, 5) is 26.6. The van der Waals surface area contributed by atoms with Crippen LogP contribution in [0.3, 0.4) is 0 Å². The van der Waals surface area contributed by atoms with Crippen LogP contribution in [0, 0.1) is 0 Å². The quantitative estimate of drug-likeness (QED) is 0.494. The molecule has 1 aromatic carbocycles. The van der Waals surface area contributed by atoms with E-state index in [9.17, 15) is 4.79 Å². The lowest BCUT2D eigenvalue weighted by Gasteiger charge is -2.13. The predicted molar refractivity (Wildman–Crippen MR) is 118 cm³/mol. The summed E-state index contributed by atoms with van der Waals surface area (Å²) in [6.07, 6.45) is 5.55. The third kappa shape index (κ3) is 3.67. The Morgan fingerprint density at radius 1 is 1.10 bits per heavy atom. The van der Waals surface area contributed by atoms with Gasteiger partial charge in [0.1, 0.15) is 0 Å². The molecular formula is C23H27N5O2. The van der Waals surface area contributed by atoms with Crippen LogP contribution in [-0.2, 0) is 6.54 Å². The molecule has 0 bridgehead atoms. The molecule has 0 radical (unpaired) electrons. The Balaban J connectivity index is 0.00000106. The molecule has 0 N–H and O–H groups in total. The highest BCUT2D eigenvalue weighted by Gasteiger charge is 2.29. The number of hydrogen-bond donors (Lipinski definition) is 0. The van der Waals surface area contributed by atoms with Gasteiger partial charge in [-0.1, -0.05) is 26.0 Å². The van der Waals surface area contributed by atoms with Crippen molar-refractivity contribution in [1.29, 1.82) is 0 Å². The van der Waals surface area contributed by atoms with Gasteiger partial charge in [-0.3, -0.25) is 14.1 Å². The topological polar surface area (TPSA) is 74.8 Å². The van der Waals surface area contributed by atoms with Gasteiger partial charge in [-0.2, -0.15) is 4.98 Å². The van der Waals surface area contributed by atoms with Gasteiger partial charge in [0.2, 0.25) is 5.88 Å². The summed E-state index contributed by atoms with van der Waals surface area (Å²) >= 11 is 0. The van der Waals surface area contributed by atoms with E-state index < -0.39 is 0 Å². The number of hydrogen-bond acceptors (Lipinski definition) is 5. The zero-order valence-corrected chi connectivity index (χ0v) is 17.9. The van der Waals surface area contributed by atoms with Crippen molar-refractivity contribution in [2.45, 2.75) is 59.2 Å². The first kappa shape index (κ1) is 20.1. The molecule has 0 saturated heterocycles. The van der Waals surface area contributed by atoms with E-state index in [4.69, 9.17) is 4.74 Å². The highest BCUT2D eigenvalue weighted by Crippen LogP contribution is 2.36. The Labute approximate surface area is 175 Å². The fourth-order valence-electron chi connectivity index (χ4n) is 3.58. The SMILES string of the molecule is CC.CC(C)Oc1nc(Cn2c(=O)n(C3CC3)c3ccncc32)nc2ccccc12. The minimum atomic E-state index is -0.0337. The Morgan fingerprint density at radius 3 is 2.60 bits per heavy atom. The number of imidazole rings is 1. The van der Waals surface area contributed by atoms with E-state index >= 15 is 0 Å². The van der Waals surface area contributed by atoms with Gasteiger partial charge in [0.05, 0.1) is 40.8 Å². The molecule has 3 aromatic heterocycles. The first-order chi connectivity index (χ1) is 14.6. The predicted octanol–water partition coefficient (Wildman–Crippen LogP) is 4.34. The summed E-state index contributed by atoms with van der Waals surface area (Å²) in [6.45, 7) is 8.21. The number of fused-ring (bicyclic) bond motifs is 2. The number of para-hydroxylation sites is 1. The van der Waals surface area contributed by atoms with Crippen LogP contribution in [0.5, 0.6) is 5.88 Å². The van der Waals surface area contributed by atoms with Gasteiger partial charge in [-0.25, -0.2) is 9.78 Å². The maximum absolute atomic E-state index is 13.1. The van der Waals surface area contributed by atoms with E-state index in [0.717, 1.165) is 34.8 Å². The smallest absolute Gasteiger partial charge is 0.329 e. The highest BCUT2D eigenvalue weighted by molar-refractivity contribution is 5.83. The number of aromatic nitrogens is 5. The van der Waals surface area contributed by atoms with E-state index in [2.05, 4.69) is 15.0 Å². The van der Waals surface area contributed by atoms with Gasteiger partial charge in [-0.15, -0.1) is 0 Å². The second-order valence-electron chi connectivity index (χ2n) is 7.46. The first-order valence-corrected chi connectivity index (χ1v) is 10.6. The van der Waals surface area contributed by atoms with Crippen molar-refractivity contribution in [3.8, 4) is 5.88 Å². The Morgan fingerprint density at radius 2 is 1.87 bits per heavy atom. The fraction of sp³-hybridized carbons (Fsp3) is 0.391. The van der Waals surface area contributed by atoms with Crippen molar-refractivity contribution < 1.29 is 4.74 Å². The normalized spacial score (nSPS) is 13.5. The van der Waals surface area contributed by atoms with E-state index in [0.29, 0.717) is 11.7 Å². The number of ether oxygens (including phenoxy) is 1. The Kier molecular flexibility index (Phi) is 5.53. The van der Waals surface area contributed by atoms with Crippen LogP contribution in [0.1, 0.15) is 52.4 Å². The second kappa shape index (κ2) is 8.26. The van der Waals surface area contributed by atoms with Crippen LogP contribution in [0.15, 0.2) is 47.5 Å². The average molecular weight is 406 g/mol. The summed E-state index contributed by atoms with van der Waals surface area (Å²) in [5, 5.41) is 0.870. The van der Waals surface area contributed by atoms with Crippen LogP contribution >= 0.6 is 0 Å². The van der Waals surface area contributed by atoms with Crippen LogP contribution < -0.4 is 10.4 Å². The van der Waals surface area contributed by atoms with Crippen molar-refractivity contribution in [3.05, 3.63) is 59.0 Å². The molecule has 30 heavy (non-hydrogen) atoms. The third-order valence-corrected chi connectivity index (χ3v) is 4.94. The van der Waals surface area contributed by atoms with E-state index in [-0.39, 0.29) is 24.4 Å². The van der Waals surface area contributed by atoms with Gasteiger partial charge in [0, 0.05) is 12.2 Å². The molecule has 1 aliphatic rings. The molecule has 156 valence electrons. The van der Waals surface area contributed by atoms with Crippen molar-refractivity contribution in [2.75, 3.05) is 0 Å². The third-order valence-electron chi connectivity index (χ3n) is 4.94. The Hall–Kier alpha value is -3.22. The average Bonchev–Trinajstić information content (AvgIpc) is 3.55. The largest absolute Gasteiger partial charge is 0.474 e. The van der Waals surface area contributed by atoms with Crippen molar-refractivity contribution in [1.82, 2.24) is 24.1 Å². The number of rotatable bonds is 5. The lowest BCUT2D eigenvalue weighted by molar-refractivity contribution is 0.235.